The third kappa shape index (κ3) is 4.61. The fraction of sp³-hybridized carbons (Fsp3) is 0.261. The number of anilines is 1. The molecular weight excluding hydrogens is 398 g/mol. The van der Waals surface area contributed by atoms with Gasteiger partial charge < -0.3 is 11.5 Å². The Balaban J connectivity index is 1.61. The molecule has 0 aliphatic carbocycles. The number of benzene rings is 2. The Hall–Kier alpha value is -2.96. The van der Waals surface area contributed by atoms with Gasteiger partial charge in [0.25, 0.3) is 0 Å². The summed E-state index contributed by atoms with van der Waals surface area (Å²) in [6.45, 7) is 2.77. The van der Waals surface area contributed by atoms with Crippen molar-refractivity contribution >= 4 is 23.5 Å². The van der Waals surface area contributed by atoms with Crippen LogP contribution in [-0.2, 0) is 6.54 Å². The second kappa shape index (κ2) is 8.81. The number of carbonyl (C=O) groups is 1. The quantitative estimate of drug-likeness (QED) is 0.651. The van der Waals surface area contributed by atoms with E-state index >= 15 is 0 Å². The van der Waals surface area contributed by atoms with Crippen LogP contribution < -0.4 is 11.5 Å². The second-order valence-corrected chi connectivity index (χ2v) is 8.11. The van der Waals surface area contributed by atoms with E-state index in [-0.39, 0.29) is 11.9 Å². The zero-order chi connectivity index (χ0) is 21.1. The number of amides is 1. The number of hydrogen-bond acceptors (Lipinski definition) is 5. The molecule has 3 aromatic rings. The molecule has 1 aliphatic rings. The first kappa shape index (κ1) is 20.3. The van der Waals surface area contributed by atoms with Gasteiger partial charge in [-0.25, -0.2) is 9.97 Å². The SMILES string of the molecule is NC(=O)c1cccc(-c2cnc(N)nc2[C@@H]2CCCN(Cc3ccc(Cl)cc3)C2)c1. The lowest BCUT2D eigenvalue weighted by Gasteiger charge is -2.33. The van der Waals surface area contributed by atoms with E-state index in [1.54, 1.807) is 18.3 Å². The highest BCUT2D eigenvalue weighted by Gasteiger charge is 2.26. The van der Waals surface area contributed by atoms with Crippen molar-refractivity contribution in [2.24, 2.45) is 5.73 Å². The van der Waals surface area contributed by atoms with Crippen LogP contribution in [0.2, 0.25) is 5.02 Å². The van der Waals surface area contributed by atoms with Crippen LogP contribution in [0.15, 0.2) is 54.7 Å². The first-order valence-electron chi connectivity index (χ1n) is 9.99. The highest BCUT2D eigenvalue weighted by atomic mass is 35.5. The third-order valence-electron chi connectivity index (χ3n) is 5.51. The van der Waals surface area contributed by atoms with E-state index in [1.165, 1.54) is 5.56 Å². The zero-order valence-corrected chi connectivity index (χ0v) is 17.3. The summed E-state index contributed by atoms with van der Waals surface area (Å²) in [4.78, 5) is 22.9. The van der Waals surface area contributed by atoms with Gasteiger partial charge in [-0.15, -0.1) is 0 Å². The van der Waals surface area contributed by atoms with Crippen molar-refractivity contribution in [3.05, 3.63) is 76.6 Å². The molecule has 1 saturated heterocycles. The summed E-state index contributed by atoms with van der Waals surface area (Å²) in [6, 6.07) is 15.2. The summed E-state index contributed by atoms with van der Waals surface area (Å²) >= 11 is 6.01. The summed E-state index contributed by atoms with van der Waals surface area (Å²) in [5.41, 5.74) is 15.8. The molecule has 2 aromatic carbocycles. The number of hydrogen-bond donors (Lipinski definition) is 2. The fourth-order valence-corrected chi connectivity index (χ4v) is 4.18. The maximum atomic E-state index is 11.6. The lowest BCUT2D eigenvalue weighted by Crippen LogP contribution is -2.34. The molecule has 1 amide bonds. The number of rotatable bonds is 5. The lowest BCUT2D eigenvalue weighted by atomic mass is 9.89. The van der Waals surface area contributed by atoms with E-state index in [0.29, 0.717) is 5.56 Å². The molecule has 4 rings (SSSR count). The highest BCUT2D eigenvalue weighted by Crippen LogP contribution is 2.34. The second-order valence-electron chi connectivity index (χ2n) is 7.67. The van der Waals surface area contributed by atoms with Gasteiger partial charge in [0.05, 0.1) is 5.69 Å². The van der Waals surface area contributed by atoms with Gasteiger partial charge in [0.2, 0.25) is 11.9 Å². The lowest BCUT2D eigenvalue weighted by molar-refractivity contribution is 0.100. The highest BCUT2D eigenvalue weighted by molar-refractivity contribution is 6.30. The Labute approximate surface area is 180 Å². The first-order valence-corrected chi connectivity index (χ1v) is 10.4. The van der Waals surface area contributed by atoms with Crippen LogP contribution >= 0.6 is 11.6 Å². The van der Waals surface area contributed by atoms with Crippen LogP contribution in [0.25, 0.3) is 11.1 Å². The predicted octanol–water partition coefficient (Wildman–Crippen LogP) is 3.86. The Morgan fingerprint density at radius 2 is 2.00 bits per heavy atom. The molecule has 1 atom stereocenters. The van der Waals surface area contributed by atoms with Crippen LogP contribution in [0.4, 0.5) is 5.95 Å². The van der Waals surface area contributed by atoms with Crippen LogP contribution in [-0.4, -0.2) is 33.9 Å². The largest absolute Gasteiger partial charge is 0.368 e. The van der Waals surface area contributed by atoms with Crippen molar-refractivity contribution in [2.75, 3.05) is 18.8 Å². The van der Waals surface area contributed by atoms with Gasteiger partial charge in [-0.1, -0.05) is 35.9 Å². The molecule has 4 N–H and O–H groups in total. The van der Waals surface area contributed by atoms with E-state index in [0.717, 1.165) is 54.3 Å². The van der Waals surface area contributed by atoms with E-state index in [2.05, 4.69) is 27.0 Å². The molecule has 154 valence electrons. The predicted molar refractivity (Wildman–Crippen MR) is 119 cm³/mol. The molecule has 0 saturated carbocycles. The molecule has 0 unspecified atom stereocenters. The van der Waals surface area contributed by atoms with Gasteiger partial charge in [0.15, 0.2) is 0 Å². The molecule has 30 heavy (non-hydrogen) atoms. The Bertz CT molecular complexity index is 1050. The van der Waals surface area contributed by atoms with Crippen LogP contribution in [0.3, 0.4) is 0 Å². The Morgan fingerprint density at radius 1 is 1.20 bits per heavy atom. The fourth-order valence-electron chi connectivity index (χ4n) is 4.05. The van der Waals surface area contributed by atoms with Crippen LogP contribution in [0.5, 0.6) is 0 Å². The number of carbonyl (C=O) groups excluding carboxylic acids is 1. The van der Waals surface area contributed by atoms with Gasteiger partial charge in [-0.3, -0.25) is 9.69 Å². The van der Waals surface area contributed by atoms with E-state index in [9.17, 15) is 4.79 Å². The summed E-state index contributed by atoms with van der Waals surface area (Å²) in [6.07, 6.45) is 3.84. The minimum atomic E-state index is -0.457. The molecule has 0 spiro atoms. The van der Waals surface area contributed by atoms with Crippen molar-refractivity contribution < 1.29 is 4.79 Å². The minimum absolute atomic E-state index is 0.226. The average Bonchev–Trinajstić information content (AvgIpc) is 2.75. The first-order chi connectivity index (χ1) is 14.5. The van der Waals surface area contributed by atoms with Crippen molar-refractivity contribution in [3.63, 3.8) is 0 Å². The van der Waals surface area contributed by atoms with Crippen molar-refractivity contribution in [1.82, 2.24) is 14.9 Å². The molecule has 2 heterocycles. The number of nitrogens with zero attached hydrogens (tertiary/aromatic N) is 3. The molecular formula is C23H24ClN5O. The molecule has 1 fully saturated rings. The zero-order valence-electron chi connectivity index (χ0n) is 16.6. The van der Waals surface area contributed by atoms with E-state index in [1.807, 2.05) is 24.3 Å². The number of halogens is 1. The third-order valence-corrected chi connectivity index (χ3v) is 5.76. The molecule has 7 heteroatoms. The number of likely N-dealkylation sites (tertiary alicyclic amines) is 1. The van der Waals surface area contributed by atoms with Crippen LogP contribution in [0.1, 0.15) is 40.4 Å². The topological polar surface area (TPSA) is 98.1 Å². The van der Waals surface area contributed by atoms with Gasteiger partial charge >= 0.3 is 0 Å². The van der Waals surface area contributed by atoms with Gasteiger partial charge in [-0.2, -0.15) is 0 Å². The summed E-state index contributed by atoms with van der Waals surface area (Å²) in [5, 5.41) is 0.745. The van der Waals surface area contributed by atoms with Crippen molar-refractivity contribution in [2.45, 2.75) is 25.3 Å². The van der Waals surface area contributed by atoms with Crippen molar-refractivity contribution in [1.29, 1.82) is 0 Å². The molecule has 6 nitrogen and oxygen atoms in total. The normalized spacial score (nSPS) is 17.0. The smallest absolute Gasteiger partial charge is 0.248 e. The number of nitrogen functional groups attached to an aromatic ring is 1. The maximum absolute atomic E-state index is 11.6. The Kier molecular flexibility index (Phi) is 5.97. The maximum Gasteiger partial charge on any atom is 0.248 e. The summed E-state index contributed by atoms with van der Waals surface area (Å²) < 4.78 is 0. The number of aromatic nitrogens is 2. The molecule has 0 radical (unpaired) electrons. The van der Waals surface area contributed by atoms with Crippen LogP contribution in [0, 0.1) is 0 Å². The molecule has 1 aromatic heterocycles. The van der Waals surface area contributed by atoms with Gasteiger partial charge in [-0.05, 0) is 54.8 Å². The summed E-state index contributed by atoms with van der Waals surface area (Å²) in [7, 11) is 0. The Morgan fingerprint density at radius 3 is 2.77 bits per heavy atom. The van der Waals surface area contributed by atoms with E-state index < -0.39 is 5.91 Å². The van der Waals surface area contributed by atoms with Gasteiger partial charge in [0, 0.05) is 41.4 Å². The minimum Gasteiger partial charge on any atom is -0.368 e. The summed E-state index contributed by atoms with van der Waals surface area (Å²) in [5.74, 6) is 0.0276. The number of piperidine rings is 1. The van der Waals surface area contributed by atoms with Gasteiger partial charge in [0.1, 0.15) is 0 Å². The molecule has 0 bridgehead atoms. The molecule has 1 aliphatic heterocycles. The van der Waals surface area contributed by atoms with Crippen molar-refractivity contribution in [3.8, 4) is 11.1 Å². The number of nitrogens with two attached hydrogens (primary N) is 2. The monoisotopic (exact) mass is 421 g/mol. The van der Waals surface area contributed by atoms with E-state index in [4.69, 9.17) is 23.1 Å². The standard InChI is InChI=1S/C23H24ClN5O/c24-19-8-6-15(7-9-19)13-29-10-2-5-18(14-29)21-20(12-27-23(26)28-21)16-3-1-4-17(11-16)22(25)30/h1,3-4,6-9,11-12,18H,2,5,10,13-14H2,(H2,25,30)(H2,26,27,28)/t18-/m1/s1. The number of primary amides is 1. The average molecular weight is 422 g/mol.